The predicted molar refractivity (Wildman–Crippen MR) is 171 cm³/mol. The number of carbonyl (C=O) groups excluding carboxylic acids is 1. The summed E-state index contributed by atoms with van der Waals surface area (Å²) in [7, 11) is 1.44. The molecule has 2 aromatic heterocycles. The number of nitrogens with one attached hydrogen (secondary N) is 1. The van der Waals surface area contributed by atoms with Crippen LogP contribution in [0.2, 0.25) is 0 Å². The third-order valence-electron chi connectivity index (χ3n) is 6.77. The number of aliphatic hydroxyl groups excluding tert-OH is 1. The molecule has 14 heteroatoms. The van der Waals surface area contributed by atoms with Gasteiger partial charge in [-0.2, -0.15) is 9.98 Å². The maximum Gasteiger partial charge on any atom is 0.323 e. The van der Waals surface area contributed by atoms with Gasteiger partial charge in [0.2, 0.25) is 0 Å². The molecular weight excluding hydrogens is 607 g/mol. The van der Waals surface area contributed by atoms with Gasteiger partial charge in [0.15, 0.2) is 17.4 Å². The van der Waals surface area contributed by atoms with Gasteiger partial charge in [-0.05, 0) is 62.4 Å². The molecule has 5 rings (SSSR count). The Labute approximate surface area is 269 Å². The zero-order valence-corrected chi connectivity index (χ0v) is 25.8. The van der Waals surface area contributed by atoms with E-state index in [2.05, 4.69) is 30.4 Å². The van der Waals surface area contributed by atoms with Crippen molar-refractivity contribution in [2.45, 2.75) is 19.9 Å². The number of nitrogens with two attached hydrogens (primary N) is 1. The van der Waals surface area contributed by atoms with Crippen LogP contribution in [0.3, 0.4) is 0 Å². The molecule has 0 saturated carbocycles. The highest BCUT2D eigenvalue weighted by Gasteiger charge is 2.28. The van der Waals surface area contributed by atoms with Gasteiger partial charge in [0.1, 0.15) is 30.8 Å². The summed E-state index contributed by atoms with van der Waals surface area (Å²) in [5, 5.41) is 17.1. The standard InChI is InChI=1S/C33H32FN8O5/c1-4-46-33-40-30(41-42(33)32-36-14-5-15-37-32)28(25-18-24(45-3)19-26(27(25)34)47-17-16-43)38-23-12-10-21(11-13-23)29(35)39-31(44)22-8-6-20(2)7-9-22/h4-15,18-19,28,38,43H,16-17H2,1-3H3,(H2,35,39,44). The van der Waals surface area contributed by atoms with E-state index in [1.165, 1.54) is 42.9 Å². The SMILES string of the molecule is C[CH]Oc1nc(C(Nc2ccc(/C(N)=N/C(=O)c3ccc(C)cc3)cc2)c2cc(OC)cc(OCCO)c2F)nn1-c1ncccn1. The largest absolute Gasteiger partial charge is 0.497 e. The average molecular weight is 640 g/mol. The summed E-state index contributed by atoms with van der Waals surface area (Å²) < 4.78 is 33.9. The smallest absolute Gasteiger partial charge is 0.323 e. The molecule has 5 aromatic rings. The number of aliphatic hydroxyl groups is 1. The van der Waals surface area contributed by atoms with Gasteiger partial charge in [-0.3, -0.25) is 4.79 Å². The highest BCUT2D eigenvalue weighted by Crippen LogP contribution is 2.36. The summed E-state index contributed by atoms with van der Waals surface area (Å²) in [6.45, 7) is 4.55. The Kier molecular flexibility index (Phi) is 10.3. The molecule has 241 valence electrons. The fourth-order valence-corrected chi connectivity index (χ4v) is 4.45. The molecule has 47 heavy (non-hydrogen) atoms. The van der Waals surface area contributed by atoms with E-state index in [0.29, 0.717) is 22.6 Å². The van der Waals surface area contributed by atoms with Crippen LogP contribution in [0.25, 0.3) is 5.95 Å². The Balaban J connectivity index is 1.53. The minimum Gasteiger partial charge on any atom is -0.497 e. The van der Waals surface area contributed by atoms with Gasteiger partial charge in [-0.25, -0.2) is 14.4 Å². The number of amides is 1. The molecule has 0 aliphatic carbocycles. The predicted octanol–water partition coefficient (Wildman–Crippen LogP) is 4.19. The second-order valence-electron chi connectivity index (χ2n) is 9.99. The fourth-order valence-electron chi connectivity index (χ4n) is 4.45. The first-order valence-corrected chi connectivity index (χ1v) is 14.4. The highest BCUT2D eigenvalue weighted by molar-refractivity contribution is 6.08. The van der Waals surface area contributed by atoms with Gasteiger partial charge >= 0.3 is 6.01 Å². The molecule has 2 heterocycles. The van der Waals surface area contributed by atoms with Crippen molar-refractivity contribution < 1.29 is 28.5 Å². The summed E-state index contributed by atoms with van der Waals surface area (Å²) >= 11 is 0. The van der Waals surface area contributed by atoms with Crippen molar-refractivity contribution in [3.05, 3.63) is 120 Å². The van der Waals surface area contributed by atoms with E-state index in [4.69, 9.17) is 19.9 Å². The number of carbonyl (C=O) groups is 1. The van der Waals surface area contributed by atoms with E-state index < -0.39 is 17.8 Å². The van der Waals surface area contributed by atoms with Crippen LogP contribution < -0.4 is 25.3 Å². The molecule has 0 aliphatic heterocycles. The zero-order valence-electron chi connectivity index (χ0n) is 25.8. The first-order valence-electron chi connectivity index (χ1n) is 14.4. The summed E-state index contributed by atoms with van der Waals surface area (Å²) in [6, 6.07) is 17.3. The van der Waals surface area contributed by atoms with Crippen LogP contribution in [0, 0.1) is 19.3 Å². The van der Waals surface area contributed by atoms with Gasteiger partial charge in [-0.1, -0.05) is 17.7 Å². The Hall–Kier alpha value is -5.89. The van der Waals surface area contributed by atoms with Crippen LogP contribution >= 0.6 is 0 Å². The fraction of sp³-hybridized carbons (Fsp3) is 0.182. The summed E-state index contributed by atoms with van der Waals surface area (Å²) in [6.07, 6.45) is 3.08. The number of methoxy groups -OCH3 is 1. The Morgan fingerprint density at radius 3 is 2.47 bits per heavy atom. The number of amidine groups is 1. The number of aliphatic imine (C=N–C) groups is 1. The third kappa shape index (κ3) is 7.68. The number of rotatable bonds is 13. The van der Waals surface area contributed by atoms with Crippen LogP contribution in [0.4, 0.5) is 10.1 Å². The number of hydrogen-bond donors (Lipinski definition) is 3. The molecular formula is C33H32FN8O5. The number of hydrogen-bond acceptors (Lipinski definition) is 10. The van der Waals surface area contributed by atoms with Gasteiger partial charge in [-0.15, -0.1) is 9.78 Å². The van der Waals surface area contributed by atoms with Crippen LogP contribution in [-0.2, 0) is 0 Å². The lowest BCUT2D eigenvalue weighted by molar-refractivity contribution is 0.100. The van der Waals surface area contributed by atoms with Crippen LogP contribution in [-0.4, -0.2) is 61.9 Å². The van der Waals surface area contributed by atoms with E-state index >= 15 is 4.39 Å². The monoisotopic (exact) mass is 639 g/mol. The number of halogens is 1. The first-order chi connectivity index (χ1) is 22.8. The van der Waals surface area contributed by atoms with Crippen molar-refractivity contribution in [2.24, 2.45) is 10.7 Å². The van der Waals surface area contributed by atoms with Gasteiger partial charge in [0, 0.05) is 40.8 Å². The number of anilines is 1. The Bertz CT molecular complexity index is 1850. The van der Waals surface area contributed by atoms with Gasteiger partial charge in [0.05, 0.1) is 13.7 Å². The summed E-state index contributed by atoms with van der Waals surface area (Å²) in [4.78, 5) is 29.7. The van der Waals surface area contributed by atoms with Crippen molar-refractivity contribution in [1.29, 1.82) is 0 Å². The Morgan fingerprint density at radius 2 is 1.81 bits per heavy atom. The minimum absolute atomic E-state index is 0.0315. The third-order valence-corrected chi connectivity index (χ3v) is 6.77. The van der Waals surface area contributed by atoms with E-state index in [0.717, 1.165) is 5.56 Å². The number of nitrogens with zero attached hydrogens (tertiary/aromatic N) is 6. The van der Waals surface area contributed by atoms with E-state index in [9.17, 15) is 9.90 Å². The van der Waals surface area contributed by atoms with Crippen molar-refractivity contribution >= 4 is 17.4 Å². The van der Waals surface area contributed by atoms with Crippen LogP contribution in [0.1, 0.15) is 45.8 Å². The summed E-state index contributed by atoms with van der Waals surface area (Å²) in [5.41, 5.74) is 8.70. The van der Waals surface area contributed by atoms with E-state index in [-0.39, 0.29) is 48.1 Å². The van der Waals surface area contributed by atoms with Crippen LogP contribution in [0.5, 0.6) is 17.5 Å². The van der Waals surface area contributed by atoms with Crippen molar-refractivity contribution in [3.8, 4) is 23.5 Å². The quantitative estimate of drug-likeness (QED) is 0.125. The Morgan fingerprint density at radius 1 is 1.11 bits per heavy atom. The zero-order chi connectivity index (χ0) is 33.3. The maximum absolute atomic E-state index is 16.1. The topological polar surface area (TPSA) is 172 Å². The van der Waals surface area contributed by atoms with Crippen LogP contribution in [0.15, 0.2) is 84.1 Å². The van der Waals surface area contributed by atoms with E-state index in [1.54, 1.807) is 49.4 Å². The number of benzene rings is 3. The minimum atomic E-state index is -1.04. The summed E-state index contributed by atoms with van der Waals surface area (Å²) in [5.74, 6) is -0.725. The molecule has 0 saturated heterocycles. The lowest BCUT2D eigenvalue weighted by Gasteiger charge is -2.21. The maximum atomic E-state index is 16.1. The number of aryl methyl sites for hydroxylation is 1. The number of aromatic nitrogens is 5. The van der Waals surface area contributed by atoms with Crippen molar-refractivity contribution in [3.63, 3.8) is 0 Å². The first kappa shape index (κ1) is 32.5. The molecule has 1 unspecified atom stereocenters. The molecule has 0 fully saturated rings. The molecule has 4 N–H and O–H groups in total. The van der Waals surface area contributed by atoms with Gasteiger partial charge in [0.25, 0.3) is 11.9 Å². The normalized spacial score (nSPS) is 12.0. The number of ether oxygens (including phenoxy) is 3. The molecule has 1 amide bonds. The molecule has 1 atom stereocenters. The molecule has 13 nitrogen and oxygen atoms in total. The van der Waals surface area contributed by atoms with Crippen molar-refractivity contribution in [1.82, 2.24) is 24.7 Å². The molecule has 0 aliphatic rings. The highest BCUT2D eigenvalue weighted by atomic mass is 19.1. The van der Waals surface area contributed by atoms with E-state index in [1.807, 2.05) is 19.1 Å². The molecule has 1 radical (unpaired) electrons. The lowest BCUT2D eigenvalue weighted by Crippen LogP contribution is -2.18. The molecule has 3 aromatic carbocycles. The lowest BCUT2D eigenvalue weighted by atomic mass is 10.0. The molecule has 0 spiro atoms. The second kappa shape index (κ2) is 14.9. The average Bonchev–Trinajstić information content (AvgIpc) is 3.51. The molecule has 0 bridgehead atoms. The second-order valence-corrected chi connectivity index (χ2v) is 9.99. The van der Waals surface area contributed by atoms with Gasteiger partial charge < -0.3 is 30.4 Å². The van der Waals surface area contributed by atoms with Crippen molar-refractivity contribution in [2.75, 3.05) is 25.6 Å².